The van der Waals surface area contributed by atoms with Gasteiger partial charge in [-0.25, -0.2) is 0 Å². The van der Waals surface area contributed by atoms with E-state index in [4.69, 9.17) is 16.3 Å². The van der Waals surface area contributed by atoms with E-state index in [1.807, 2.05) is 31.3 Å². The zero-order valence-corrected chi connectivity index (χ0v) is 11.3. The number of benzene rings is 1. The molecule has 1 saturated heterocycles. The van der Waals surface area contributed by atoms with Crippen LogP contribution in [0.3, 0.4) is 0 Å². The Morgan fingerprint density at radius 2 is 2.17 bits per heavy atom. The maximum absolute atomic E-state index is 12.0. The smallest absolute Gasteiger partial charge is 0.226 e. The molecule has 0 aliphatic carbocycles. The van der Waals surface area contributed by atoms with Gasteiger partial charge in [-0.05, 0) is 24.1 Å². The van der Waals surface area contributed by atoms with Crippen molar-refractivity contribution in [2.45, 2.75) is 12.8 Å². The van der Waals surface area contributed by atoms with Crippen LogP contribution in [0.15, 0.2) is 24.3 Å². The molecule has 1 aliphatic rings. The summed E-state index contributed by atoms with van der Waals surface area (Å²) in [4.78, 5) is 13.8. The van der Waals surface area contributed by atoms with Gasteiger partial charge in [-0.3, -0.25) is 4.79 Å². The van der Waals surface area contributed by atoms with Gasteiger partial charge < -0.3 is 9.64 Å². The van der Waals surface area contributed by atoms with Crippen LogP contribution < -0.4 is 0 Å². The second kappa shape index (κ2) is 6.21. The molecule has 0 aromatic heterocycles. The van der Waals surface area contributed by atoms with Crippen molar-refractivity contribution >= 4 is 17.5 Å². The number of rotatable bonds is 4. The summed E-state index contributed by atoms with van der Waals surface area (Å²) in [7, 11) is 1.86. The lowest BCUT2D eigenvalue weighted by Crippen LogP contribution is -2.33. The van der Waals surface area contributed by atoms with Crippen molar-refractivity contribution in [3.8, 4) is 0 Å². The first-order chi connectivity index (χ1) is 8.65. The Bertz CT molecular complexity index is 399. The summed E-state index contributed by atoms with van der Waals surface area (Å²) < 4.78 is 5.32. The predicted molar refractivity (Wildman–Crippen MR) is 71.7 cm³/mol. The highest BCUT2D eigenvalue weighted by atomic mass is 35.5. The standard InChI is InChI=1S/C14H18ClNO2/c1-16(9-12-6-7-18-10-12)14(17)8-11-2-4-13(15)5-3-11/h2-5,12H,6-10H2,1H3. The van der Waals surface area contributed by atoms with Gasteiger partial charge in [0.15, 0.2) is 0 Å². The Kier molecular flexibility index (Phi) is 4.61. The van der Waals surface area contributed by atoms with Crippen molar-refractivity contribution in [3.05, 3.63) is 34.9 Å². The van der Waals surface area contributed by atoms with Gasteiger partial charge >= 0.3 is 0 Å². The van der Waals surface area contributed by atoms with Crippen LogP contribution in [0, 0.1) is 5.92 Å². The summed E-state index contributed by atoms with van der Waals surface area (Å²) in [5.74, 6) is 0.633. The Morgan fingerprint density at radius 3 is 2.78 bits per heavy atom. The molecule has 0 N–H and O–H groups in total. The van der Waals surface area contributed by atoms with Gasteiger partial charge in [-0.15, -0.1) is 0 Å². The minimum atomic E-state index is 0.143. The maximum Gasteiger partial charge on any atom is 0.226 e. The Labute approximate surface area is 113 Å². The SMILES string of the molecule is CN(CC1CCOC1)C(=O)Cc1ccc(Cl)cc1. The number of amides is 1. The molecule has 1 fully saturated rings. The number of hydrogen-bond donors (Lipinski definition) is 0. The van der Waals surface area contributed by atoms with Crippen molar-refractivity contribution in [2.75, 3.05) is 26.8 Å². The first kappa shape index (κ1) is 13.4. The first-order valence-electron chi connectivity index (χ1n) is 6.21. The zero-order valence-electron chi connectivity index (χ0n) is 10.6. The van der Waals surface area contributed by atoms with E-state index >= 15 is 0 Å². The maximum atomic E-state index is 12.0. The number of ether oxygens (including phenoxy) is 1. The molecule has 18 heavy (non-hydrogen) atoms. The first-order valence-corrected chi connectivity index (χ1v) is 6.59. The third-order valence-electron chi connectivity index (χ3n) is 3.25. The number of halogens is 1. The summed E-state index contributed by atoms with van der Waals surface area (Å²) in [6.45, 7) is 2.38. The molecule has 0 bridgehead atoms. The van der Waals surface area contributed by atoms with E-state index in [-0.39, 0.29) is 5.91 Å². The fraction of sp³-hybridized carbons (Fsp3) is 0.500. The summed E-state index contributed by atoms with van der Waals surface area (Å²) in [6.07, 6.45) is 1.49. The number of carbonyl (C=O) groups excluding carboxylic acids is 1. The molecule has 98 valence electrons. The molecule has 1 atom stereocenters. The monoisotopic (exact) mass is 267 g/mol. The lowest BCUT2D eigenvalue weighted by Gasteiger charge is -2.20. The minimum absolute atomic E-state index is 0.143. The molecule has 0 radical (unpaired) electrons. The lowest BCUT2D eigenvalue weighted by atomic mass is 10.1. The van der Waals surface area contributed by atoms with E-state index in [9.17, 15) is 4.79 Å². The molecule has 0 spiro atoms. The molecule has 1 aromatic rings. The lowest BCUT2D eigenvalue weighted by molar-refractivity contribution is -0.129. The Hall–Kier alpha value is -1.06. The second-order valence-corrected chi connectivity index (χ2v) is 5.24. The highest BCUT2D eigenvalue weighted by molar-refractivity contribution is 6.30. The average Bonchev–Trinajstić information content (AvgIpc) is 2.85. The number of carbonyl (C=O) groups is 1. The predicted octanol–water partition coefficient (Wildman–Crippen LogP) is 2.38. The van der Waals surface area contributed by atoms with Crippen LogP contribution in [-0.2, 0) is 16.0 Å². The van der Waals surface area contributed by atoms with E-state index in [2.05, 4.69) is 0 Å². The highest BCUT2D eigenvalue weighted by Gasteiger charge is 2.19. The largest absolute Gasteiger partial charge is 0.381 e. The molecular weight excluding hydrogens is 250 g/mol. The average molecular weight is 268 g/mol. The summed E-state index contributed by atoms with van der Waals surface area (Å²) in [6, 6.07) is 7.42. The van der Waals surface area contributed by atoms with Gasteiger partial charge in [-0.1, -0.05) is 23.7 Å². The zero-order chi connectivity index (χ0) is 13.0. The van der Waals surface area contributed by atoms with Crippen molar-refractivity contribution in [3.63, 3.8) is 0 Å². The molecule has 1 amide bonds. The molecular formula is C14H18ClNO2. The van der Waals surface area contributed by atoms with Crippen LogP contribution in [-0.4, -0.2) is 37.6 Å². The molecule has 1 heterocycles. The fourth-order valence-corrected chi connectivity index (χ4v) is 2.25. The fourth-order valence-electron chi connectivity index (χ4n) is 2.13. The summed E-state index contributed by atoms with van der Waals surface area (Å²) >= 11 is 5.81. The molecule has 3 nitrogen and oxygen atoms in total. The normalized spacial score (nSPS) is 18.9. The second-order valence-electron chi connectivity index (χ2n) is 4.81. The van der Waals surface area contributed by atoms with Gasteiger partial charge in [0.2, 0.25) is 5.91 Å². The van der Waals surface area contributed by atoms with Gasteiger partial charge in [0.25, 0.3) is 0 Å². The Morgan fingerprint density at radius 1 is 1.44 bits per heavy atom. The summed E-state index contributed by atoms with van der Waals surface area (Å²) in [5.41, 5.74) is 0.999. The van der Waals surface area contributed by atoms with Crippen molar-refractivity contribution in [1.82, 2.24) is 4.90 Å². The number of likely N-dealkylation sites (N-methyl/N-ethyl adjacent to an activating group) is 1. The van der Waals surface area contributed by atoms with Crippen LogP contribution in [0.4, 0.5) is 0 Å². The quantitative estimate of drug-likeness (QED) is 0.838. The molecule has 1 aromatic carbocycles. The van der Waals surface area contributed by atoms with Gasteiger partial charge in [0.1, 0.15) is 0 Å². The van der Waals surface area contributed by atoms with Crippen molar-refractivity contribution < 1.29 is 9.53 Å². The van der Waals surface area contributed by atoms with E-state index in [0.717, 1.165) is 31.7 Å². The van der Waals surface area contributed by atoms with Crippen LogP contribution in [0.5, 0.6) is 0 Å². The van der Waals surface area contributed by atoms with Gasteiger partial charge in [-0.2, -0.15) is 0 Å². The number of hydrogen-bond acceptors (Lipinski definition) is 2. The van der Waals surface area contributed by atoms with Crippen LogP contribution in [0.1, 0.15) is 12.0 Å². The summed E-state index contributed by atoms with van der Waals surface area (Å²) in [5, 5.41) is 0.697. The van der Waals surface area contributed by atoms with Gasteiger partial charge in [0, 0.05) is 31.1 Å². The van der Waals surface area contributed by atoms with Crippen molar-refractivity contribution in [2.24, 2.45) is 5.92 Å². The topological polar surface area (TPSA) is 29.5 Å². The third kappa shape index (κ3) is 3.72. The molecule has 1 unspecified atom stereocenters. The molecule has 4 heteroatoms. The van der Waals surface area contributed by atoms with E-state index in [0.29, 0.717) is 17.4 Å². The number of nitrogens with zero attached hydrogens (tertiary/aromatic N) is 1. The highest BCUT2D eigenvalue weighted by Crippen LogP contribution is 2.14. The van der Waals surface area contributed by atoms with Crippen molar-refractivity contribution in [1.29, 1.82) is 0 Å². The Balaban J connectivity index is 1.84. The van der Waals surface area contributed by atoms with Gasteiger partial charge in [0.05, 0.1) is 13.0 Å². The van der Waals surface area contributed by atoms with E-state index in [1.165, 1.54) is 0 Å². The van der Waals surface area contributed by atoms with Crippen LogP contribution in [0.2, 0.25) is 5.02 Å². The van der Waals surface area contributed by atoms with E-state index < -0.39 is 0 Å². The molecule has 1 aliphatic heterocycles. The molecule has 0 saturated carbocycles. The van der Waals surface area contributed by atoms with E-state index in [1.54, 1.807) is 4.90 Å². The third-order valence-corrected chi connectivity index (χ3v) is 3.50. The van der Waals surface area contributed by atoms with Crippen LogP contribution >= 0.6 is 11.6 Å². The molecule has 2 rings (SSSR count). The van der Waals surface area contributed by atoms with Crippen LogP contribution in [0.25, 0.3) is 0 Å². The minimum Gasteiger partial charge on any atom is -0.381 e.